The Hall–Kier alpha value is -2.41. The lowest BCUT2D eigenvalue weighted by molar-refractivity contribution is -0.384. The molecule has 0 saturated heterocycles. The van der Waals surface area contributed by atoms with Gasteiger partial charge in [-0.05, 0) is 29.8 Å². The summed E-state index contributed by atoms with van der Waals surface area (Å²) in [5.74, 6) is -1.20. The molecular weight excluding hydrogens is 340 g/mol. The number of hydrogen-bond acceptors (Lipinski definition) is 4. The summed E-state index contributed by atoms with van der Waals surface area (Å²) < 4.78 is 0.914. The Labute approximate surface area is 128 Å². The van der Waals surface area contributed by atoms with Gasteiger partial charge in [0.05, 0.1) is 10.5 Å². The second kappa shape index (κ2) is 6.36. The molecule has 0 bridgehead atoms. The molecule has 6 nitrogen and oxygen atoms in total. The number of nitro benzene ring substituents is 1. The van der Waals surface area contributed by atoms with Gasteiger partial charge >= 0.3 is 5.97 Å². The molecule has 0 aliphatic rings. The summed E-state index contributed by atoms with van der Waals surface area (Å²) in [5, 5.41) is 22.8. The van der Waals surface area contributed by atoms with Crippen LogP contribution in [0.3, 0.4) is 0 Å². The van der Waals surface area contributed by atoms with E-state index < -0.39 is 10.9 Å². The van der Waals surface area contributed by atoms with Gasteiger partial charge in [0.15, 0.2) is 0 Å². The smallest absolute Gasteiger partial charge is 0.335 e. The topological polar surface area (TPSA) is 92.5 Å². The second-order valence-corrected chi connectivity index (χ2v) is 5.19. The number of carbonyl (C=O) groups is 1. The number of carboxylic acids is 1. The molecule has 2 aromatic carbocycles. The first kappa shape index (κ1) is 15.0. The van der Waals surface area contributed by atoms with Crippen LogP contribution in [0, 0.1) is 10.1 Å². The number of benzene rings is 2. The summed E-state index contributed by atoms with van der Waals surface area (Å²) in [5.41, 5.74) is 0.852. The van der Waals surface area contributed by atoms with E-state index in [1.807, 2.05) is 24.3 Å². The van der Waals surface area contributed by atoms with Crippen molar-refractivity contribution in [3.05, 3.63) is 68.2 Å². The van der Waals surface area contributed by atoms with Crippen molar-refractivity contribution in [2.75, 3.05) is 5.32 Å². The molecule has 2 rings (SSSR count). The van der Waals surface area contributed by atoms with Gasteiger partial charge < -0.3 is 10.4 Å². The lowest BCUT2D eigenvalue weighted by atomic mass is 10.1. The Balaban J connectivity index is 2.23. The van der Waals surface area contributed by atoms with E-state index in [0.29, 0.717) is 6.54 Å². The fourth-order valence-electron chi connectivity index (χ4n) is 1.81. The Kier molecular flexibility index (Phi) is 4.54. The zero-order valence-electron chi connectivity index (χ0n) is 10.7. The number of nitro groups is 1. The highest BCUT2D eigenvalue weighted by Gasteiger charge is 2.17. The molecule has 0 unspecified atom stereocenters. The molecule has 0 fully saturated rings. The van der Waals surface area contributed by atoms with Crippen molar-refractivity contribution in [2.45, 2.75) is 6.54 Å². The van der Waals surface area contributed by atoms with E-state index in [1.54, 1.807) is 0 Å². The van der Waals surface area contributed by atoms with Crippen LogP contribution in [-0.4, -0.2) is 16.0 Å². The summed E-state index contributed by atoms with van der Waals surface area (Å²) in [6, 6.07) is 11.3. The van der Waals surface area contributed by atoms with Crippen LogP contribution in [0.4, 0.5) is 11.4 Å². The normalized spacial score (nSPS) is 10.1. The van der Waals surface area contributed by atoms with Crippen molar-refractivity contribution in [3.8, 4) is 0 Å². The van der Waals surface area contributed by atoms with E-state index in [9.17, 15) is 14.9 Å². The molecule has 0 aromatic heterocycles. The molecule has 0 radical (unpaired) electrons. The van der Waals surface area contributed by atoms with Gasteiger partial charge in [-0.25, -0.2) is 4.79 Å². The maximum Gasteiger partial charge on any atom is 0.335 e. The maximum atomic E-state index is 11.0. The number of nitrogens with one attached hydrogen (secondary N) is 1. The second-order valence-electron chi connectivity index (χ2n) is 4.28. The number of aromatic carboxylic acids is 1. The van der Waals surface area contributed by atoms with Crippen molar-refractivity contribution < 1.29 is 14.8 Å². The van der Waals surface area contributed by atoms with Crippen molar-refractivity contribution in [1.82, 2.24) is 0 Å². The summed E-state index contributed by atoms with van der Waals surface area (Å²) in [4.78, 5) is 21.3. The highest BCUT2D eigenvalue weighted by Crippen LogP contribution is 2.26. The van der Waals surface area contributed by atoms with E-state index >= 15 is 0 Å². The Morgan fingerprint density at radius 2 is 2.05 bits per heavy atom. The predicted molar refractivity (Wildman–Crippen MR) is 81.5 cm³/mol. The molecule has 0 atom stereocenters. The van der Waals surface area contributed by atoms with Gasteiger partial charge in [-0.2, -0.15) is 0 Å². The van der Waals surface area contributed by atoms with Crippen LogP contribution in [0.15, 0.2) is 46.9 Å². The van der Waals surface area contributed by atoms with Crippen molar-refractivity contribution in [1.29, 1.82) is 0 Å². The monoisotopic (exact) mass is 350 g/mol. The molecular formula is C14H11BrN2O4. The van der Waals surface area contributed by atoms with Gasteiger partial charge in [0.2, 0.25) is 0 Å². The molecule has 0 aliphatic carbocycles. The first-order valence-electron chi connectivity index (χ1n) is 5.97. The fourth-order valence-corrected chi connectivity index (χ4v) is 2.26. The van der Waals surface area contributed by atoms with Crippen LogP contribution in [0.1, 0.15) is 15.9 Å². The average Bonchev–Trinajstić information content (AvgIpc) is 2.44. The number of rotatable bonds is 5. The summed E-state index contributed by atoms with van der Waals surface area (Å²) in [6.45, 7) is 0.396. The third kappa shape index (κ3) is 3.79. The molecule has 0 aliphatic heterocycles. The highest BCUT2D eigenvalue weighted by atomic mass is 79.9. The van der Waals surface area contributed by atoms with Crippen LogP contribution < -0.4 is 5.32 Å². The van der Waals surface area contributed by atoms with Crippen molar-refractivity contribution in [2.24, 2.45) is 0 Å². The van der Waals surface area contributed by atoms with Crippen LogP contribution >= 0.6 is 15.9 Å². The number of nitrogens with zero attached hydrogens (tertiary/aromatic N) is 1. The molecule has 2 N–H and O–H groups in total. The number of halogens is 1. The largest absolute Gasteiger partial charge is 0.478 e. The zero-order valence-corrected chi connectivity index (χ0v) is 12.3. The zero-order chi connectivity index (χ0) is 15.4. The minimum Gasteiger partial charge on any atom is -0.478 e. The van der Waals surface area contributed by atoms with E-state index in [4.69, 9.17) is 5.11 Å². The molecule has 0 heterocycles. The first-order chi connectivity index (χ1) is 9.97. The van der Waals surface area contributed by atoms with Crippen LogP contribution in [0.25, 0.3) is 0 Å². The van der Waals surface area contributed by atoms with Gasteiger partial charge in [-0.15, -0.1) is 0 Å². The molecule has 7 heteroatoms. The van der Waals surface area contributed by atoms with Crippen molar-refractivity contribution in [3.63, 3.8) is 0 Å². The van der Waals surface area contributed by atoms with Crippen LogP contribution in [0.2, 0.25) is 0 Å². The standard InChI is InChI=1S/C14H11BrN2O4/c15-11-3-1-2-9(6-11)8-16-12-5-4-10(14(18)19)7-13(12)17(20)21/h1-7,16H,8H2,(H,18,19). The van der Waals surface area contributed by atoms with Gasteiger partial charge in [0.1, 0.15) is 5.69 Å². The lowest BCUT2D eigenvalue weighted by Crippen LogP contribution is -2.05. The van der Waals surface area contributed by atoms with E-state index in [1.165, 1.54) is 12.1 Å². The molecule has 0 amide bonds. The summed E-state index contributed by atoms with van der Waals surface area (Å²) in [6.07, 6.45) is 0. The third-order valence-corrected chi connectivity index (χ3v) is 3.31. The average molecular weight is 351 g/mol. The summed E-state index contributed by atoms with van der Waals surface area (Å²) >= 11 is 3.35. The van der Waals surface area contributed by atoms with Gasteiger partial charge in [0.25, 0.3) is 5.69 Å². The van der Waals surface area contributed by atoms with Gasteiger partial charge in [-0.3, -0.25) is 10.1 Å². The molecule has 2 aromatic rings. The first-order valence-corrected chi connectivity index (χ1v) is 6.76. The molecule has 108 valence electrons. The van der Waals surface area contributed by atoms with Gasteiger partial charge in [0, 0.05) is 17.1 Å². The number of hydrogen-bond donors (Lipinski definition) is 2. The number of anilines is 1. The molecule has 0 saturated carbocycles. The van der Waals surface area contributed by atoms with Crippen molar-refractivity contribution >= 4 is 33.3 Å². The SMILES string of the molecule is O=C(O)c1ccc(NCc2cccc(Br)c2)c([N+](=O)[O-])c1. The van der Waals surface area contributed by atoms with Gasteiger partial charge in [-0.1, -0.05) is 28.1 Å². The van der Waals surface area contributed by atoms with E-state index in [0.717, 1.165) is 16.1 Å². The maximum absolute atomic E-state index is 11.0. The number of carboxylic acid groups (broad SMARTS) is 1. The van der Waals surface area contributed by atoms with Crippen LogP contribution in [0.5, 0.6) is 0 Å². The van der Waals surface area contributed by atoms with Crippen LogP contribution in [-0.2, 0) is 6.54 Å². The summed E-state index contributed by atoms with van der Waals surface area (Å²) in [7, 11) is 0. The lowest BCUT2D eigenvalue weighted by Gasteiger charge is -2.08. The predicted octanol–water partition coefficient (Wildman–Crippen LogP) is 3.67. The Morgan fingerprint density at radius 1 is 1.29 bits per heavy atom. The van der Waals surface area contributed by atoms with E-state index in [-0.39, 0.29) is 16.9 Å². The Bertz CT molecular complexity index is 703. The minimum atomic E-state index is -1.20. The minimum absolute atomic E-state index is 0.116. The third-order valence-electron chi connectivity index (χ3n) is 2.81. The Morgan fingerprint density at radius 3 is 2.67 bits per heavy atom. The molecule has 0 spiro atoms. The quantitative estimate of drug-likeness (QED) is 0.633. The highest BCUT2D eigenvalue weighted by molar-refractivity contribution is 9.10. The van der Waals surface area contributed by atoms with E-state index in [2.05, 4.69) is 21.2 Å². The molecule has 21 heavy (non-hydrogen) atoms. The fraction of sp³-hybridized carbons (Fsp3) is 0.0714.